The Morgan fingerprint density at radius 3 is 2.58 bits per heavy atom. The SMILES string of the molecule is CCCCN(CCCC)C(=O)CN1C[C@H](c2cc(OC)c3c(c2)OCO3)C(C(=O)O)[C@@H]1CCn1cccn1. The van der Waals surface area contributed by atoms with Crippen molar-refractivity contribution in [3.63, 3.8) is 0 Å². The van der Waals surface area contributed by atoms with Gasteiger partial charge in [-0.2, -0.15) is 5.10 Å². The lowest BCUT2D eigenvalue weighted by Crippen LogP contribution is -2.45. The first kappa shape index (κ1) is 27.8. The average molecular weight is 529 g/mol. The number of amides is 1. The Morgan fingerprint density at radius 1 is 1.18 bits per heavy atom. The van der Waals surface area contributed by atoms with Gasteiger partial charge in [0, 0.05) is 50.5 Å². The van der Waals surface area contributed by atoms with Crippen LogP contribution >= 0.6 is 0 Å². The Kier molecular flexibility index (Phi) is 9.49. The Bertz CT molecular complexity index is 1070. The number of aromatic nitrogens is 2. The minimum absolute atomic E-state index is 0.0593. The van der Waals surface area contributed by atoms with E-state index in [0.717, 1.165) is 44.3 Å². The molecule has 1 N–H and O–H groups in total. The molecular weight excluding hydrogens is 488 g/mol. The number of methoxy groups -OCH3 is 1. The zero-order valence-corrected chi connectivity index (χ0v) is 22.7. The molecule has 2 aliphatic rings. The molecule has 2 aromatic rings. The Labute approximate surface area is 224 Å². The maximum atomic E-state index is 13.5. The van der Waals surface area contributed by atoms with Crippen molar-refractivity contribution in [2.45, 2.75) is 64.5 Å². The van der Waals surface area contributed by atoms with E-state index in [-0.39, 0.29) is 31.2 Å². The first-order chi connectivity index (χ1) is 18.5. The standard InChI is InChI=1S/C28H40N4O6/c1-4-6-11-30(12-7-5-2)25(33)18-31-17-21(20-15-23(36-3)27-24(16-20)37-19-38-27)26(28(34)35)22(31)9-14-32-13-8-10-29-32/h8,10,13,15-16,21-22,26H,4-7,9,11-12,14,17-19H2,1-3H3,(H,34,35)/t21-,22+,26?/m1/s1. The highest BCUT2D eigenvalue weighted by Crippen LogP contribution is 2.47. The number of aliphatic carboxylic acids is 1. The van der Waals surface area contributed by atoms with Crippen LogP contribution in [0.1, 0.15) is 57.4 Å². The maximum Gasteiger partial charge on any atom is 0.308 e. The van der Waals surface area contributed by atoms with Gasteiger partial charge in [0.05, 0.1) is 19.6 Å². The van der Waals surface area contributed by atoms with Crippen LogP contribution in [-0.4, -0.2) is 82.7 Å². The Balaban J connectivity index is 1.62. The summed E-state index contributed by atoms with van der Waals surface area (Å²) >= 11 is 0. The quantitative estimate of drug-likeness (QED) is 0.396. The number of fused-ring (bicyclic) bond motifs is 1. The molecule has 1 unspecified atom stereocenters. The molecule has 4 rings (SSSR count). The molecule has 208 valence electrons. The fraction of sp³-hybridized carbons (Fsp3) is 0.607. The number of carboxylic acid groups (broad SMARTS) is 1. The smallest absolute Gasteiger partial charge is 0.308 e. The van der Waals surface area contributed by atoms with Crippen LogP contribution < -0.4 is 14.2 Å². The number of hydrogen-bond acceptors (Lipinski definition) is 7. The molecule has 1 aromatic carbocycles. The average Bonchev–Trinajstić information content (AvgIpc) is 3.67. The van der Waals surface area contributed by atoms with Crippen LogP contribution in [0.3, 0.4) is 0 Å². The van der Waals surface area contributed by atoms with Crippen LogP contribution in [0.2, 0.25) is 0 Å². The van der Waals surface area contributed by atoms with Crippen LogP contribution in [0.4, 0.5) is 0 Å². The largest absolute Gasteiger partial charge is 0.493 e. The number of likely N-dealkylation sites (tertiary alicyclic amines) is 1. The van der Waals surface area contributed by atoms with Crippen LogP contribution in [0.25, 0.3) is 0 Å². The van der Waals surface area contributed by atoms with Crippen molar-refractivity contribution >= 4 is 11.9 Å². The molecule has 2 aliphatic heterocycles. The van der Waals surface area contributed by atoms with Gasteiger partial charge in [-0.1, -0.05) is 26.7 Å². The number of nitrogens with zero attached hydrogens (tertiary/aromatic N) is 4. The van der Waals surface area contributed by atoms with E-state index in [9.17, 15) is 14.7 Å². The molecule has 1 amide bonds. The van der Waals surface area contributed by atoms with Gasteiger partial charge in [0.1, 0.15) is 0 Å². The summed E-state index contributed by atoms with van der Waals surface area (Å²) in [5.74, 6) is -0.256. The Hall–Kier alpha value is -3.27. The number of carbonyl (C=O) groups is 2. The minimum Gasteiger partial charge on any atom is -0.493 e. The molecule has 1 fully saturated rings. The van der Waals surface area contributed by atoms with Gasteiger partial charge in [0.15, 0.2) is 11.5 Å². The highest BCUT2D eigenvalue weighted by Gasteiger charge is 2.47. The zero-order valence-electron chi connectivity index (χ0n) is 22.7. The van der Waals surface area contributed by atoms with Crippen LogP contribution in [-0.2, 0) is 16.1 Å². The molecule has 10 nitrogen and oxygen atoms in total. The van der Waals surface area contributed by atoms with Crippen LogP contribution in [0, 0.1) is 5.92 Å². The highest BCUT2D eigenvalue weighted by molar-refractivity contribution is 5.79. The summed E-state index contributed by atoms with van der Waals surface area (Å²) in [6.45, 7) is 7.01. The van der Waals surface area contributed by atoms with Crippen molar-refractivity contribution in [1.82, 2.24) is 19.6 Å². The number of benzene rings is 1. The highest BCUT2D eigenvalue weighted by atomic mass is 16.7. The summed E-state index contributed by atoms with van der Waals surface area (Å²) in [6.07, 6.45) is 8.09. The third-order valence-electron chi connectivity index (χ3n) is 7.61. The molecule has 10 heteroatoms. The van der Waals surface area contributed by atoms with Crippen molar-refractivity contribution in [2.24, 2.45) is 5.92 Å². The molecule has 0 saturated carbocycles. The number of aryl methyl sites for hydroxylation is 1. The summed E-state index contributed by atoms with van der Waals surface area (Å²) in [4.78, 5) is 30.3. The number of rotatable bonds is 14. The van der Waals surface area contributed by atoms with Gasteiger partial charge in [0.25, 0.3) is 0 Å². The zero-order chi connectivity index (χ0) is 27.1. The molecule has 1 aromatic heterocycles. The molecule has 38 heavy (non-hydrogen) atoms. The number of carboxylic acids is 1. The second-order valence-electron chi connectivity index (χ2n) is 10.1. The van der Waals surface area contributed by atoms with Gasteiger partial charge in [-0.25, -0.2) is 0 Å². The van der Waals surface area contributed by atoms with Crippen molar-refractivity contribution in [1.29, 1.82) is 0 Å². The lowest BCUT2D eigenvalue weighted by molar-refractivity contribution is -0.144. The van der Waals surface area contributed by atoms with Gasteiger partial charge < -0.3 is 24.2 Å². The lowest BCUT2D eigenvalue weighted by atomic mass is 9.84. The number of hydrogen-bond donors (Lipinski definition) is 1. The second kappa shape index (κ2) is 13.0. The van der Waals surface area contributed by atoms with E-state index in [0.29, 0.717) is 36.8 Å². The molecule has 3 atom stereocenters. The van der Waals surface area contributed by atoms with Gasteiger partial charge >= 0.3 is 5.97 Å². The summed E-state index contributed by atoms with van der Waals surface area (Å²) in [6, 6.07) is 5.22. The fourth-order valence-electron chi connectivity index (χ4n) is 5.58. The van der Waals surface area contributed by atoms with E-state index in [4.69, 9.17) is 14.2 Å². The van der Waals surface area contributed by atoms with E-state index >= 15 is 0 Å². The van der Waals surface area contributed by atoms with E-state index in [1.165, 1.54) is 0 Å². The number of unbranched alkanes of at least 4 members (excludes halogenated alkanes) is 2. The predicted molar refractivity (Wildman–Crippen MR) is 142 cm³/mol. The summed E-state index contributed by atoms with van der Waals surface area (Å²) in [5, 5.41) is 14.8. The molecule has 1 saturated heterocycles. The Morgan fingerprint density at radius 2 is 1.95 bits per heavy atom. The fourth-order valence-corrected chi connectivity index (χ4v) is 5.58. The lowest BCUT2D eigenvalue weighted by Gasteiger charge is -2.29. The van der Waals surface area contributed by atoms with Crippen molar-refractivity contribution in [3.8, 4) is 17.2 Å². The van der Waals surface area contributed by atoms with E-state index in [1.807, 2.05) is 34.0 Å². The summed E-state index contributed by atoms with van der Waals surface area (Å²) < 4.78 is 18.5. The topological polar surface area (TPSA) is 106 Å². The van der Waals surface area contributed by atoms with Gasteiger partial charge in [-0.3, -0.25) is 19.2 Å². The van der Waals surface area contributed by atoms with Gasteiger partial charge in [-0.05, 0) is 43.0 Å². The normalized spacial score (nSPS) is 20.6. The third-order valence-corrected chi connectivity index (χ3v) is 7.61. The molecule has 0 radical (unpaired) electrons. The number of ether oxygens (including phenoxy) is 3. The third kappa shape index (κ3) is 6.23. The molecule has 0 spiro atoms. The van der Waals surface area contributed by atoms with Crippen molar-refractivity contribution in [3.05, 3.63) is 36.2 Å². The molecule has 0 aliphatic carbocycles. The second-order valence-corrected chi connectivity index (χ2v) is 10.1. The first-order valence-electron chi connectivity index (χ1n) is 13.7. The molecule has 0 bridgehead atoms. The summed E-state index contributed by atoms with van der Waals surface area (Å²) in [5.41, 5.74) is 0.811. The van der Waals surface area contributed by atoms with E-state index in [2.05, 4.69) is 23.8 Å². The van der Waals surface area contributed by atoms with E-state index in [1.54, 1.807) is 13.3 Å². The first-order valence-corrected chi connectivity index (χ1v) is 13.7. The molecular formula is C28H40N4O6. The van der Waals surface area contributed by atoms with Crippen molar-refractivity contribution in [2.75, 3.05) is 40.1 Å². The van der Waals surface area contributed by atoms with Crippen LogP contribution in [0.5, 0.6) is 17.2 Å². The summed E-state index contributed by atoms with van der Waals surface area (Å²) in [7, 11) is 1.56. The minimum atomic E-state index is -0.874. The van der Waals surface area contributed by atoms with Crippen LogP contribution in [0.15, 0.2) is 30.6 Å². The van der Waals surface area contributed by atoms with E-state index < -0.39 is 11.9 Å². The maximum absolute atomic E-state index is 13.5. The van der Waals surface area contributed by atoms with Gasteiger partial charge in [-0.15, -0.1) is 0 Å². The molecule has 3 heterocycles. The van der Waals surface area contributed by atoms with Gasteiger partial charge in [0.2, 0.25) is 18.4 Å². The number of carbonyl (C=O) groups excluding carboxylic acids is 1. The monoisotopic (exact) mass is 528 g/mol. The van der Waals surface area contributed by atoms with Crippen molar-refractivity contribution < 1.29 is 28.9 Å². The predicted octanol–water partition coefficient (Wildman–Crippen LogP) is 3.61.